The summed E-state index contributed by atoms with van der Waals surface area (Å²) in [5.74, 6) is -0.610. The number of sulfonamides is 1. The summed E-state index contributed by atoms with van der Waals surface area (Å²) in [7, 11) is -3.92. The Bertz CT molecular complexity index is 1340. The van der Waals surface area contributed by atoms with E-state index < -0.39 is 21.8 Å². The van der Waals surface area contributed by atoms with Crippen LogP contribution in [0.1, 0.15) is 58.9 Å². The minimum absolute atomic E-state index is 0.108. The van der Waals surface area contributed by atoms with Crippen LogP contribution in [0.25, 0.3) is 10.6 Å². The van der Waals surface area contributed by atoms with Crippen LogP contribution < -0.4 is 5.32 Å². The third kappa shape index (κ3) is 3.49. The molecule has 1 fully saturated rings. The second kappa shape index (κ2) is 7.49. The first-order valence-corrected chi connectivity index (χ1v) is 12.5. The molecule has 1 aliphatic carbocycles. The van der Waals surface area contributed by atoms with E-state index in [1.807, 2.05) is 24.3 Å². The van der Waals surface area contributed by atoms with Gasteiger partial charge < -0.3 is 0 Å². The molecular formula is C22H20N4O4S2. The number of fused-ring (bicyclic) bond motifs is 1. The van der Waals surface area contributed by atoms with Crippen molar-refractivity contribution in [2.75, 3.05) is 5.32 Å². The van der Waals surface area contributed by atoms with Crippen LogP contribution in [0.5, 0.6) is 0 Å². The maximum Gasteiger partial charge on any atom is 0.269 e. The van der Waals surface area contributed by atoms with Crippen molar-refractivity contribution in [3.8, 4) is 10.6 Å². The number of aromatic nitrogens is 2. The monoisotopic (exact) mass is 468 g/mol. The van der Waals surface area contributed by atoms with Gasteiger partial charge in [-0.1, -0.05) is 49.4 Å². The molecule has 1 saturated carbocycles. The molecule has 0 radical (unpaired) electrons. The fraction of sp³-hybridized carbons (Fsp3) is 0.273. The highest BCUT2D eigenvalue weighted by atomic mass is 32.2. The zero-order chi connectivity index (χ0) is 22.6. The summed E-state index contributed by atoms with van der Waals surface area (Å²) in [6.45, 7) is 4.24. The normalized spacial score (nSPS) is 17.0. The molecule has 0 bridgehead atoms. The molecule has 1 N–H and O–H groups in total. The summed E-state index contributed by atoms with van der Waals surface area (Å²) in [5.41, 5.74) is 2.36. The molecule has 0 saturated heterocycles. The minimum atomic E-state index is -3.92. The van der Waals surface area contributed by atoms with E-state index >= 15 is 0 Å². The molecule has 2 aromatic carbocycles. The summed E-state index contributed by atoms with van der Waals surface area (Å²) < 4.78 is 26.5. The molecule has 2 heterocycles. The first-order chi connectivity index (χ1) is 15.3. The number of hydrogen-bond donors (Lipinski definition) is 1. The van der Waals surface area contributed by atoms with Crippen LogP contribution in [0.15, 0.2) is 47.4 Å². The van der Waals surface area contributed by atoms with Gasteiger partial charge in [0.05, 0.1) is 5.56 Å². The van der Waals surface area contributed by atoms with Gasteiger partial charge in [0.2, 0.25) is 5.13 Å². The number of anilines is 1. The molecular weight excluding hydrogens is 448 g/mol. The van der Waals surface area contributed by atoms with Crippen LogP contribution >= 0.6 is 11.3 Å². The van der Waals surface area contributed by atoms with Gasteiger partial charge in [-0.25, -0.2) is 12.7 Å². The third-order valence-corrected chi connectivity index (χ3v) is 8.32. The van der Waals surface area contributed by atoms with Gasteiger partial charge in [0.25, 0.3) is 21.8 Å². The maximum atomic E-state index is 12.8. The topological polar surface area (TPSA) is 109 Å². The van der Waals surface area contributed by atoms with Crippen LogP contribution in [0.4, 0.5) is 5.13 Å². The average Bonchev–Trinajstić information content (AvgIpc) is 3.44. The third-order valence-electron chi connectivity index (χ3n) is 5.56. The van der Waals surface area contributed by atoms with Crippen LogP contribution in [0, 0.1) is 0 Å². The predicted molar refractivity (Wildman–Crippen MR) is 120 cm³/mol. The van der Waals surface area contributed by atoms with Crippen molar-refractivity contribution in [2.45, 2.75) is 43.5 Å². The Morgan fingerprint density at radius 1 is 1.12 bits per heavy atom. The molecule has 1 aromatic heterocycles. The summed E-state index contributed by atoms with van der Waals surface area (Å²) in [6.07, 6.45) is 1.34. The van der Waals surface area contributed by atoms with Crippen molar-refractivity contribution < 1.29 is 18.0 Å². The highest BCUT2D eigenvalue weighted by Crippen LogP contribution is 2.39. The number of carbonyl (C=O) groups excluding carboxylic acids is 2. The number of nitrogens with one attached hydrogen (secondary N) is 1. The largest absolute Gasteiger partial charge is 0.296 e. The number of amides is 2. The van der Waals surface area contributed by atoms with E-state index in [2.05, 4.69) is 29.4 Å². The Morgan fingerprint density at radius 2 is 1.84 bits per heavy atom. The van der Waals surface area contributed by atoms with Crippen LogP contribution in [0.3, 0.4) is 0 Å². The zero-order valence-corrected chi connectivity index (χ0v) is 19.0. The van der Waals surface area contributed by atoms with Crippen molar-refractivity contribution in [1.82, 2.24) is 14.5 Å². The van der Waals surface area contributed by atoms with E-state index in [0.717, 1.165) is 9.87 Å². The average molecular weight is 469 g/mol. The van der Waals surface area contributed by atoms with Crippen molar-refractivity contribution in [3.05, 3.63) is 59.2 Å². The Kier molecular flexibility index (Phi) is 4.86. The zero-order valence-electron chi connectivity index (χ0n) is 17.4. The number of rotatable bonds is 5. The van der Waals surface area contributed by atoms with E-state index in [1.54, 1.807) is 0 Å². The van der Waals surface area contributed by atoms with Gasteiger partial charge in [0.1, 0.15) is 9.90 Å². The van der Waals surface area contributed by atoms with Crippen LogP contribution in [-0.4, -0.2) is 40.8 Å². The maximum absolute atomic E-state index is 12.8. The molecule has 0 atom stereocenters. The van der Waals surface area contributed by atoms with Crippen molar-refractivity contribution in [3.63, 3.8) is 0 Å². The quantitative estimate of drug-likeness (QED) is 0.608. The van der Waals surface area contributed by atoms with Crippen molar-refractivity contribution in [1.29, 1.82) is 0 Å². The molecule has 164 valence electrons. The molecule has 10 heteroatoms. The van der Waals surface area contributed by atoms with E-state index in [-0.39, 0.29) is 22.1 Å². The van der Waals surface area contributed by atoms with Gasteiger partial charge >= 0.3 is 0 Å². The lowest BCUT2D eigenvalue weighted by atomic mass is 10.0. The van der Waals surface area contributed by atoms with E-state index in [4.69, 9.17) is 0 Å². The van der Waals surface area contributed by atoms with E-state index in [1.165, 1.54) is 35.1 Å². The van der Waals surface area contributed by atoms with Crippen LogP contribution in [0.2, 0.25) is 0 Å². The second-order valence-corrected chi connectivity index (χ2v) is 11.0. The SMILES string of the molecule is CC(C)c1ccc(-c2nnc(NC(=O)c3ccc4c(c3)S(=O)(=O)N(C3CC3)C4=O)s2)cc1. The number of carbonyl (C=O) groups is 2. The lowest BCUT2D eigenvalue weighted by Gasteiger charge is -2.13. The molecule has 32 heavy (non-hydrogen) atoms. The summed E-state index contributed by atoms with van der Waals surface area (Å²) in [6, 6.07) is 11.8. The van der Waals surface area contributed by atoms with E-state index in [9.17, 15) is 18.0 Å². The fourth-order valence-corrected chi connectivity index (χ4v) is 6.21. The Balaban J connectivity index is 1.36. The molecule has 5 rings (SSSR count). The smallest absolute Gasteiger partial charge is 0.269 e. The van der Waals surface area contributed by atoms with Crippen LogP contribution in [-0.2, 0) is 10.0 Å². The first-order valence-electron chi connectivity index (χ1n) is 10.2. The summed E-state index contributed by atoms with van der Waals surface area (Å²) in [5, 5.41) is 11.8. The standard InChI is InChI=1S/C22H20N4O4S2/c1-12(2)13-3-5-14(6-4-13)20-24-25-22(31-20)23-19(27)15-7-10-17-18(11-15)32(29,30)26(21(17)28)16-8-9-16/h3-7,10-12,16H,8-9H2,1-2H3,(H,23,25,27). The molecule has 1 aliphatic heterocycles. The molecule has 2 amide bonds. The van der Waals surface area contributed by atoms with Gasteiger partial charge in [-0.2, -0.15) is 0 Å². The molecule has 8 nitrogen and oxygen atoms in total. The fourth-order valence-electron chi connectivity index (χ4n) is 3.63. The second-order valence-electron chi connectivity index (χ2n) is 8.19. The van der Waals surface area contributed by atoms with Gasteiger partial charge in [-0.15, -0.1) is 10.2 Å². The Morgan fingerprint density at radius 3 is 2.50 bits per heavy atom. The lowest BCUT2D eigenvalue weighted by molar-refractivity contribution is 0.0864. The number of hydrogen-bond acceptors (Lipinski definition) is 7. The molecule has 0 unspecified atom stereocenters. The summed E-state index contributed by atoms with van der Waals surface area (Å²) in [4.78, 5) is 25.1. The van der Waals surface area contributed by atoms with Gasteiger partial charge in [0.15, 0.2) is 0 Å². The Hall–Kier alpha value is -3.11. The van der Waals surface area contributed by atoms with Crippen molar-refractivity contribution >= 4 is 38.3 Å². The predicted octanol–water partition coefficient (Wildman–Crippen LogP) is 3.89. The Labute approximate surface area is 189 Å². The van der Waals surface area contributed by atoms with Gasteiger partial charge in [-0.05, 0) is 42.5 Å². The van der Waals surface area contributed by atoms with Gasteiger partial charge in [-0.3, -0.25) is 14.9 Å². The van der Waals surface area contributed by atoms with E-state index in [0.29, 0.717) is 28.9 Å². The molecule has 0 spiro atoms. The first kappa shape index (κ1) is 20.8. The van der Waals surface area contributed by atoms with Crippen molar-refractivity contribution in [2.24, 2.45) is 0 Å². The minimum Gasteiger partial charge on any atom is -0.296 e. The molecule has 3 aromatic rings. The molecule has 2 aliphatic rings. The van der Waals surface area contributed by atoms with Gasteiger partial charge in [0, 0.05) is 17.2 Å². The number of nitrogens with zero attached hydrogens (tertiary/aromatic N) is 3. The lowest BCUT2D eigenvalue weighted by Crippen LogP contribution is -2.31. The number of benzene rings is 2. The highest BCUT2D eigenvalue weighted by molar-refractivity contribution is 7.90. The highest BCUT2D eigenvalue weighted by Gasteiger charge is 2.48. The summed E-state index contributed by atoms with van der Waals surface area (Å²) >= 11 is 1.23.